The van der Waals surface area contributed by atoms with E-state index in [2.05, 4.69) is 25.5 Å². The van der Waals surface area contributed by atoms with Crippen LogP contribution in [0.3, 0.4) is 0 Å². The van der Waals surface area contributed by atoms with Crippen LogP contribution in [-0.2, 0) is 26.8 Å². The van der Waals surface area contributed by atoms with Gasteiger partial charge in [0.05, 0.1) is 4.90 Å². The highest BCUT2D eigenvalue weighted by atomic mass is 32.2. The Bertz CT molecular complexity index is 1240. The highest BCUT2D eigenvalue weighted by molar-refractivity contribution is 7.89. The summed E-state index contributed by atoms with van der Waals surface area (Å²) >= 11 is 0. The maximum atomic E-state index is 12.6. The lowest BCUT2D eigenvalue weighted by molar-refractivity contribution is -0.115. The minimum Gasteiger partial charge on any atom is -0.294 e. The Morgan fingerprint density at radius 1 is 0.971 bits per heavy atom. The molecule has 180 valence electrons. The first kappa shape index (κ1) is 25.8. The molecule has 0 saturated heterocycles. The summed E-state index contributed by atoms with van der Waals surface area (Å²) in [6, 6.07) is 13.8. The van der Waals surface area contributed by atoms with E-state index in [1.165, 1.54) is 0 Å². The molecule has 6 heteroatoms. The quantitative estimate of drug-likeness (QED) is 0.495. The summed E-state index contributed by atoms with van der Waals surface area (Å²) in [6.07, 6.45) is 3.13. The monoisotopic (exact) mass is 479 g/mol. The minimum absolute atomic E-state index is 0.0366. The van der Waals surface area contributed by atoms with Crippen LogP contribution in [0.25, 0.3) is 0 Å². The van der Waals surface area contributed by atoms with Gasteiger partial charge in [0.25, 0.3) is 0 Å². The molecule has 0 unspecified atom stereocenters. The Hall–Kier alpha value is -2.83. The van der Waals surface area contributed by atoms with E-state index in [1.54, 1.807) is 36.4 Å². The summed E-state index contributed by atoms with van der Waals surface area (Å²) in [5, 5.41) is 0. The molecule has 34 heavy (non-hydrogen) atoms. The van der Waals surface area contributed by atoms with Crippen LogP contribution in [0.2, 0.25) is 0 Å². The number of hydrogen-bond acceptors (Lipinski definition) is 4. The van der Waals surface area contributed by atoms with Gasteiger partial charge >= 0.3 is 0 Å². The summed E-state index contributed by atoms with van der Waals surface area (Å²) in [6.45, 7) is 10.2. The molecule has 0 heterocycles. The van der Waals surface area contributed by atoms with Gasteiger partial charge in [-0.25, -0.2) is 13.1 Å². The lowest BCUT2D eigenvalue weighted by Crippen LogP contribution is -2.23. The van der Waals surface area contributed by atoms with Crippen molar-refractivity contribution in [2.45, 2.75) is 70.7 Å². The average molecular weight is 480 g/mol. The Balaban J connectivity index is 1.58. The number of Topliss-reactive ketones (excluding diaryl/α,β-unsaturated/α-hetero) is 2. The molecule has 1 aliphatic rings. The normalized spacial score (nSPS) is 14.9. The van der Waals surface area contributed by atoms with Crippen molar-refractivity contribution in [2.75, 3.05) is 0 Å². The van der Waals surface area contributed by atoms with E-state index in [-0.39, 0.29) is 34.8 Å². The van der Waals surface area contributed by atoms with Crippen molar-refractivity contribution in [2.24, 2.45) is 0 Å². The highest BCUT2D eigenvalue weighted by Crippen LogP contribution is 2.25. The number of rotatable bonds is 8. The number of nitrogens with one attached hydrogen (secondary N) is 1. The molecule has 0 bridgehead atoms. The van der Waals surface area contributed by atoms with Crippen molar-refractivity contribution in [3.05, 3.63) is 88.0 Å². The first-order valence-corrected chi connectivity index (χ1v) is 13.0. The van der Waals surface area contributed by atoms with E-state index in [9.17, 15) is 18.0 Å². The molecule has 2 aromatic rings. The zero-order chi connectivity index (χ0) is 25.1. The maximum absolute atomic E-state index is 12.6. The summed E-state index contributed by atoms with van der Waals surface area (Å²) in [5.74, 6) is 0.0615. The van der Waals surface area contributed by atoms with E-state index in [0.29, 0.717) is 18.4 Å². The molecular weight excluding hydrogens is 446 g/mol. The van der Waals surface area contributed by atoms with Crippen LogP contribution in [0.15, 0.2) is 76.2 Å². The molecule has 0 fully saturated rings. The van der Waals surface area contributed by atoms with Gasteiger partial charge < -0.3 is 0 Å². The third-order valence-electron chi connectivity index (χ3n) is 6.09. The average Bonchev–Trinajstić information content (AvgIpc) is 2.77. The molecule has 1 N–H and O–H groups in total. The number of sulfonamides is 1. The van der Waals surface area contributed by atoms with E-state index in [1.807, 2.05) is 32.1 Å². The van der Waals surface area contributed by atoms with E-state index < -0.39 is 10.0 Å². The van der Waals surface area contributed by atoms with Crippen molar-refractivity contribution >= 4 is 21.6 Å². The lowest BCUT2D eigenvalue weighted by Gasteiger charge is -2.19. The summed E-state index contributed by atoms with van der Waals surface area (Å²) in [7, 11) is -3.64. The Labute approximate surface area is 203 Å². The fourth-order valence-corrected chi connectivity index (χ4v) is 5.03. The largest absolute Gasteiger partial charge is 0.294 e. The van der Waals surface area contributed by atoms with Gasteiger partial charge in [-0.2, -0.15) is 0 Å². The number of hydrogen-bond donors (Lipinski definition) is 1. The van der Waals surface area contributed by atoms with Crippen LogP contribution < -0.4 is 4.72 Å². The van der Waals surface area contributed by atoms with Gasteiger partial charge in [-0.15, -0.1) is 0 Å². The predicted molar refractivity (Wildman–Crippen MR) is 135 cm³/mol. The third kappa shape index (κ3) is 6.39. The second kappa shape index (κ2) is 10.2. The maximum Gasteiger partial charge on any atom is 0.240 e. The van der Waals surface area contributed by atoms with Crippen LogP contribution in [0, 0.1) is 0 Å². The van der Waals surface area contributed by atoms with Crippen LogP contribution in [0.4, 0.5) is 0 Å². The molecule has 3 rings (SSSR count). The standard InChI is InChI=1S/C28H33NO4S/c1-19-16-20(2)25(27(31)17-19)14-15-26(30)22-8-6-21(7-9-22)18-29-34(32,33)24-12-10-23(11-13-24)28(3,4)5/h6-13,16,29H,14-15,17-18H2,1-5H3. The summed E-state index contributed by atoms with van der Waals surface area (Å²) in [5.41, 5.74) is 5.05. The first-order chi connectivity index (χ1) is 15.9. The SMILES string of the molecule is CC1=CC(C)=C(CCC(=O)c2ccc(CNS(=O)(=O)c3ccc(C(C)(C)C)cc3)cc2)C(=O)C1. The van der Waals surface area contributed by atoms with E-state index in [4.69, 9.17) is 0 Å². The number of ketones is 2. The zero-order valence-electron chi connectivity index (χ0n) is 20.6. The highest BCUT2D eigenvalue weighted by Gasteiger charge is 2.19. The second-order valence-electron chi connectivity index (χ2n) is 9.97. The number of allylic oxidation sites excluding steroid dienone is 4. The van der Waals surface area contributed by atoms with Gasteiger partial charge in [0.15, 0.2) is 11.6 Å². The van der Waals surface area contributed by atoms with Crippen LogP contribution in [0.5, 0.6) is 0 Å². The van der Waals surface area contributed by atoms with E-state index >= 15 is 0 Å². The Morgan fingerprint density at radius 3 is 2.15 bits per heavy atom. The smallest absolute Gasteiger partial charge is 0.240 e. The third-order valence-corrected chi connectivity index (χ3v) is 7.51. The molecule has 0 amide bonds. The molecule has 0 saturated carbocycles. The first-order valence-electron chi connectivity index (χ1n) is 11.5. The molecular formula is C28H33NO4S. The van der Waals surface area contributed by atoms with Gasteiger partial charge in [-0.05, 0) is 60.1 Å². The van der Waals surface area contributed by atoms with Gasteiger partial charge in [0.1, 0.15) is 0 Å². The number of carbonyl (C=O) groups excluding carboxylic acids is 2. The molecule has 0 aromatic heterocycles. The Morgan fingerprint density at radius 2 is 1.59 bits per heavy atom. The molecule has 1 aliphatic carbocycles. The van der Waals surface area contributed by atoms with Crippen molar-refractivity contribution in [1.29, 1.82) is 0 Å². The second-order valence-corrected chi connectivity index (χ2v) is 11.7. The van der Waals surface area contributed by atoms with Gasteiger partial charge in [0, 0.05) is 24.9 Å². The molecule has 0 aliphatic heterocycles. The fraction of sp³-hybridized carbons (Fsp3) is 0.357. The fourth-order valence-electron chi connectivity index (χ4n) is 4.01. The summed E-state index contributed by atoms with van der Waals surface area (Å²) < 4.78 is 27.9. The lowest BCUT2D eigenvalue weighted by atomic mass is 9.87. The van der Waals surface area contributed by atoms with Crippen LogP contribution >= 0.6 is 0 Å². The molecule has 0 atom stereocenters. The topological polar surface area (TPSA) is 80.3 Å². The van der Waals surface area contributed by atoms with Gasteiger partial charge in [0.2, 0.25) is 10.0 Å². The molecule has 0 radical (unpaired) electrons. The van der Waals surface area contributed by atoms with Crippen molar-refractivity contribution < 1.29 is 18.0 Å². The molecule has 5 nitrogen and oxygen atoms in total. The van der Waals surface area contributed by atoms with Crippen LogP contribution in [0.1, 0.15) is 75.4 Å². The van der Waals surface area contributed by atoms with Gasteiger partial charge in [-0.3, -0.25) is 9.59 Å². The van der Waals surface area contributed by atoms with Crippen LogP contribution in [-0.4, -0.2) is 20.0 Å². The predicted octanol–water partition coefficient (Wildman–Crippen LogP) is 5.66. The summed E-state index contributed by atoms with van der Waals surface area (Å²) in [4.78, 5) is 25.1. The minimum atomic E-state index is -3.64. The van der Waals surface area contributed by atoms with Gasteiger partial charge in [-0.1, -0.05) is 68.8 Å². The van der Waals surface area contributed by atoms with Crippen molar-refractivity contribution in [3.8, 4) is 0 Å². The number of carbonyl (C=O) groups is 2. The zero-order valence-corrected chi connectivity index (χ0v) is 21.4. The molecule has 2 aromatic carbocycles. The van der Waals surface area contributed by atoms with E-state index in [0.717, 1.165) is 27.8 Å². The number of benzene rings is 2. The Kier molecular flexibility index (Phi) is 7.74. The van der Waals surface area contributed by atoms with Crippen molar-refractivity contribution in [1.82, 2.24) is 4.72 Å². The van der Waals surface area contributed by atoms with Crippen molar-refractivity contribution in [3.63, 3.8) is 0 Å². The molecule has 0 spiro atoms.